The van der Waals surface area contributed by atoms with Gasteiger partial charge in [-0.2, -0.15) is 0 Å². The number of benzene rings is 1. The Bertz CT molecular complexity index is 332. The van der Waals surface area contributed by atoms with E-state index in [2.05, 4.69) is 5.32 Å². The summed E-state index contributed by atoms with van der Waals surface area (Å²) in [6, 6.07) is 5.71. The Morgan fingerprint density at radius 3 is 2.71 bits per heavy atom. The van der Waals surface area contributed by atoms with E-state index < -0.39 is 0 Å². The van der Waals surface area contributed by atoms with Crippen molar-refractivity contribution in [2.45, 2.75) is 26.5 Å². The topological polar surface area (TPSA) is 41.5 Å². The van der Waals surface area contributed by atoms with Crippen LogP contribution in [0.3, 0.4) is 0 Å². The zero-order valence-electron chi connectivity index (χ0n) is 10.1. The van der Waals surface area contributed by atoms with Crippen molar-refractivity contribution in [3.8, 4) is 5.75 Å². The van der Waals surface area contributed by atoms with Crippen molar-refractivity contribution in [2.75, 3.05) is 13.2 Å². The highest BCUT2D eigenvalue weighted by Gasteiger charge is 2.02. The van der Waals surface area contributed by atoms with Gasteiger partial charge in [0.15, 0.2) is 0 Å². The van der Waals surface area contributed by atoms with Crippen LogP contribution in [0.25, 0.3) is 0 Å². The molecule has 0 aliphatic carbocycles. The summed E-state index contributed by atoms with van der Waals surface area (Å²) in [4.78, 5) is 0. The molecule has 1 aromatic rings. The third-order valence-electron chi connectivity index (χ3n) is 2.07. The molecule has 0 fully saturated rings. The van der Waals surface area contributed by atoms with E-state index in [0.29, 0.717) is 30.5 Å². The second-order valence-electron chi connectivity index (χ2n) is 3.68. The molecule has 0 heterocycles. The third-order valence-corrected chi connectivity index (χ3v) is 2.36. The van der Waals surface area contributed by atoms with E-state index in [-0.39, 0.29) is 18.5 Å². The molecule has 1 atom stereocenters. The summed E-state index contributed by atoms with van der Waals surface area (Å²) in [7, 11) is 0. The van der Waals surface area contributed by atoms with Gasteiger partial charge in [0, 0.05) is 13.1 Å². The minimum atomic E-state index is -0.335. The molecule has 2 N–H and O–H groups in total. The van der Waals surface area contributed by atoms with Crippen LogP contribution in [0.4, 0.5) is 0 Å². The molecule has 0 saturated heterocycles. The number of rotatable bonds is 6. The maximum absolute atomic E-state index is 9.09. The fourth-order valence-corrected chi connectivity index (χ4v) is 1.61. The number of hydrogen-bond donors (Lipinski definition) is 2. The molecule has 1 unspecified atom stereocenters. The van der Waals surface area contributed by atoms with Crippen LogP contribution in [0, 0.1) is 0 Å². The van der Waals surface area contributed by atoms with Crippen molar-refractivity contribution in [1.29, 1.82) is 0 Å². The summed E-state index contributed by atoms with van der Waals surface area (Å²) in [5, 5.41) is 12.8. The van der Waals surface area contributed by atoms with Gasteiger partial charge in [-0.1, -0.05) is 17.7 Å². The van der Waals surface area contributed by atoms with Crippen molar-refractivity contribution in [3.05, 3.63) is 28.8 Å². The standard InChI is InChI=1S/C12H18ClNO2.ClH/c1-3-16-12-5-4-10(6-11(12)13)8-14-7-9(2)15;/h4-6,9,14-15H,3,7-8H2,1-2H3;1H. The van der Waals surface area contributed by atoms with Crippen LogP contribution in [0.5, 0.6) is 5.75 Å². The molecule has 0 aliphatic rings. The number of ether oxygens (including phenoxy) is 1. The van der Waals surface area contributed by atoms with Gasteiger partial charge in [0.1, 0.15) is 5.75 Å². The quantitative estimate of drug-likeness (QED) is 0.841. The van der Waals surface area contributed by atoms with Crippen LogP contribution in [-0.2, 0) is 6.54 Å². The minimum absolute atomic E-state index is 0. The highest BCUT2D eigenvalue weighted by molar-refractivity contribution is 6.32. The zero-order valence-corrected chi connectivity index (χ0v) is 11.6. The Kier molecular flexibility index (Phi) is 8.35. The smallest absolute Gasteiger partial charge is 0.137 e. The monoisotopic (exact) mass is 279 g/mol. The average Bonchev–Trinajstić information content (AvgIpc) is 2.21. The number of aliphatic hydroxyl groups is 1. The Morgan fingerprint density at radius 1 is 1.47 bits per heavy atom. The Balaban J connectivity index is 0.00000256. The van der Waals surface area contributed by atoms with E-state index in [1.807, 2.05) is 25.1 Å². The molecular weight excluding hydrogens is 261 g/mol. The zero-order chi connectivity index (χ0) is 12.0. The predicted molar refractivity (Wildman–Crippen MR) is 73.3 cm³/mol. The first-order chi connectivity index (χ1) is 7.63. The van der Waals surface area contributed by atoms with Gasteiger partial charge in [0.05, 0.1) is 17.7 Å². The van der Waals surface area contributed by atoms with Gasteiger partial charge in [-0.3, -0.25) is 0 Å². The van der Waals surface area contributed by atoms with Gasteiger partial charge in [0.25, 0.3) is 0 Å². The van der Waals surface area contributed by atoms with Crippen molar-refractivity contribution < 1.29 is 9.84 Å². The summed E-state index contributed by atoms with van der Waals surface area (Å²) < 4.78 is 5.34. The van der Waals surface area contributed by atoms with Gasteiger partial charge in [0.2, 0.25) is 0 Å². The first-order valence-corrected chi connectivity index (χ1v) is 5.81. The third kappa shape index (κ3) is 6.13. The SMILES string of the molecule is CCOc1ccc(CNCC(C)O)cc1Cl.Cl. The first kappa shape index (κ1) is 16.5. The summed E-state index contributed by atoms with van der Waals surface area (Å²) in [6.07, 6.45) is -0.335. The van der Waals surface area contributed by atoms with Crippen molar-refractivity contribution >= 4 is 24.0 Å². The highest BCUT2D eigenvalue weighted by Crippen LogP contribution is 2.25. The molecule has 5 heteroatoms. The maximum atomic E-state index is 9.09. The van der Waals surface area contributed by atoms with Crippen LogP contribution < -0.4 is 10.1 Å². The summed E-state index contributed by atoms with van der Waals surface area (Å²) >= 11 is 6.05. The van der Waals surface area contributed by atoms with Gasteiger partial charge in [-0.25, -0.2) is 0 Å². The minimum Gasteiger partial charge on any atom is -0.492 e. The van der Waals surface area contributed by atoms with Crippen LogP contribution in [0.2, 0.25) is 5.02 Å². The van der Waals surface area contributed by atoms with Gasteiger partial charge >= 0.3 is 0 Å². The molecule has 3 nitrogen and oxygen atoms in total. The molecule has 1 aromatic carbocycles. The van der Waals surface area contributed by atoms with Crippen molar-refractivity contribution in [2.24, 2.45) is 0 Å². The van der Waals surface area contributed by atoms with Gasteiger partial charge in [-0.15, -0.1) is 12.4 Å². The number of nitrogens with one attached hydrogen (secondary N) is 1. The highest BCUT2D eigenvalue weighted by atomic mass is 35.5. The molecule has 1 rings (SSSR count). The van der Waals surface area contributed by atoms with Crippen molar-refractivity contribution in [1.82, 2.24) is 5.32 Å². The molecule has 0 saturated carbocycles. The van der Waals surface area contributed by atoms with E-state index >= 15 is 0 Å². The molecule has 0 bridgehead atoms. The predicted octanol–water partition coefficient (Wildman–Crippen LogP) is 2.63. The number of hydrogen-bond acceptors (Lipinski definition) is 3. The van der Waals surface area contributed by atoms with Crippen molar-refractivity contribution in [3.63, 3.8) is 0 Å². The van der Waals surface area contributed by atoms with Crippen LogP contribution in [0.15, 0.2) is 18.2 Å². The lowest BCUT2D eigenvalue weighted by Gasteiger charge is -2.09. The maximum Gasteiger partial charge on any atom is 0.137 e. The molecule has 0 aliphatic heterocycles. The lowest BCUT2D eigenvalue weighted by molar-refractivity contribution is 0.191. The number of halogens is 2. The molecule has 0 aromatic heterocycles. The van der Waals surface area contributed by atoms with E-state index in [4.69, 9.17) is 21.4 Å². The first-order valence-electron chi connectivity index (χ1n) is 5.43. The Labute approximate surface area is 114 Å². The molecule has 0 spiro atoms. The lowest BCUT2D eigenvalue weighted by atomic mass is 10.2. The second kappa shape index (κ2) is 8.59. The molecular formula is C12H19Cl2NO2. The largest absolute Gasteiger partial charge is 0.492 e. The fourth-order valence-electron chi connectivity index (χ4n) is 1.35. The lowest BCUT2D eigenvalue weighted by Crippen LogP contribution is -2.23. The van der Waals surface area contributed by atoms with Crippen LogP contribution >= 0.6 is 24.0 Å². The normalized spacial score (nSPS) is 11.8. The Hall–Kier alpha value is -0.480. The number of aliphatic hydroxyl groups excluding tert-OH is 1. The molecule has 17 heavy (non-hydrogen) atoms. The van der Waals surface area contributed by atoms with Crippen LogP contribution in [-0.4, -0.2) is 24.4 Å². The van der Waals surface area contributed by atoms with E-state index in [0.717, 1.165) is 5.56 Å². The summed E-state index contributed by atoms with van der Waals surface area (Å²) in [6.45, 7) is 5.55. The Morgan fingerprint density at radius 2 is 2.18 bits per heavy atom. The van der Waals surface area contributed by atoms with Crippen LogP contribution in [0.1, 0.15) is 19.4 Å². The van der Waals surface area contributed by atoms with E-state index in [1.165, 1.54) is 0 Å². The van der Waals surface area contributed by atoms with E-state index in [1.54, 1.807) is 6.92 Å². The molecule has 0 amide bonds. The van der Waals surface area contributed by atoms with Gasteiger partial charge < -0.3 is 15.2 Å². The molecule has 0 radical (unpaired) electrons. The average molecular weight is 280 g/mol. The second-order valence-corrected chi connectivity index (χ2v) is 4.08. The van der Waals surface area contributed by atoms with Gasteiger partial charge in [-0.05, 0) is 31.5 Å². The van der Waals surface area contributed by atoms with E-state index in [9.17, 15) is 0 Å². The fraction of sp³-hybridized carbons (Fsp3) is 0.500. The summed E-state index contributed by atoms with van der Waals surface area (Å²) in [5.41, 5.74) is 1.08. The molecule has 98 valence electrons. The summed E-state index contributed by atoms with van der Waals surface area (Å²) in [5.74, 6) is 0.712.